The smallest absolute Gasteiger partial charge is 0.242 e. The summed E-state index contributed by atoms with van der Waals surface area (Å²) in [4.78, 5) is 27.9. The molecular formula is C22H19FN4O2. The van der Waals surface area contributed by atoms with E-state index in [1.165, 1.54) is 12.1 Å². The molecule has 0 aliphatic carbocycles. The minimum atomic E-state index is -1.20. The first-order chi connectivity index (χ1) is 14.0. The number of likely N-dealkylation sites (N-methyl/N-ethyl adjacent to an activating group) is 1. The van der Waals surface area contributed by atoms with Gasteiger partial charge in [0.1, 0.15) is 17.1 Å². The standard InChI is InChI=1S/C22H19FN4O2/c1-3-26-18-10-14(23)8-9-15(18)22(21(26)29)11-19(28)25-20-16(22)12-24-27(20)17-7-5-4-6-13(17)2/h4-10,12H,3,11H2,1-2H3,(H,25,28)/t22-/m0/s1. The summed E-state index contributed by atoms with van der Waals surface area (Å²) in [6, 6.07) is 12.0. The van der Waals surface area contributed by atoms with E-state index in [0.717, 1.165) is 11.3 Å². The number of aryl methyl sites for hydroxylation is 1. The Balaban J connectivity index is 1.79. The van der Waals surface area contributed by atoms with E-state index >= 15 is 0 Å². The van der Waals surface area contributed by atoms with Crippen LogP contribution < -0.4 is 10.2 Å². The van der Waals surface area contributed by atoms with Crippen LogP contribution in [0.25, 0.3) is 5.69 Å². The van der Waals surface area contributed by atoms with Gasteiger partial charge in [-0.15, -0.1) is 0 Å². The lowest BCUT2D eigenvalue weighted by molar-refractivity contribution is -0.126. The highest BCUT2D eigenvalue weighted by molar-refractivity contribution is 6.15. The highest BCUT2D eigenvalue weighted by Crippen LogP contribution is 2.52. The molecule has 3 heterocycles. The number of carbonyl (C=O) groups excluding carboxylic acids is 2. The molecule has 0 fully saturated rings. The van der Waals surface area contributed by atoms with Gasteiger partial charge < -0.3 is 10.2 Å². The second-order valence-corrected chi connectivity index (χ2v) is 7.45. The molecule has 1 atom stereocenters. The first-order valence-corrected chi connectivity index (χ1v) is 9.53. The maximum absolute atomic E-state index is 14.0. The van der Waals surface area contributed by atoms with Crippen molar-refractivity contribution >= 4 is 23.3 Å². The van der Waals surface area contributed by atoms with E-state index < -0.39 is 11.2 Å². The highest BCUT2D eigenvalue weighted by Gasteiger charge is 2.57. The summed E-state index contributed by atoms with van der Waals surface area (Å²) in [5.74, 6) is -0.421. The van der Waals surface area contributed by atoms with Gasteiger partial charge in [-0.1, -0.05) is 24.3 Å². The van der Waals surface area contributed by atoms with E-state index in [1.54, 1.807) is 21.8 Å². The molecule has 0 saturated carbocycles. The van der Waals surface area contributed by atoms with Crippen LogP contribution in [-0.2, 0) is 15.0 Å². The number of hydrogen-bond donors (Lipinski definition) is 1. The third-order valence-electron chi connectivity index (χ3n) is 5.89. The van der Waals surface area contributed by atoms with Crippen LogP contribution in [0.15, 0.2) is 48.7 Å². The van der Waals surface area contributed by atoms with Crippen molar-refractivity contribution in [2.24, 2.45) is 0 Å². The number of rotatable bonds is 2. The molecule has 29 heavy (non-hydrogen) atoms. The maximum atomic E-state index is 14.0. The molecule has 0 bridgehead atoms. The van der Waals surface area contributed by atoms with Gasteiger partial charge in [0, 0.05) is 18.5 Å². The second-order valence-electron chi connectivity index (χ2n) is 7.45. The molecule has 2 aliphatic heterocycles. The first kappa shape index (κ1) is 17.6. The maximum Gasteiger partial charge on any atom is 0.242 e. The van der Waals surface area contributed by atoms with Gasteiger partial charge in [-0.2, -0.15) is 5.10 Å². The van der Waals surface area contributed by atoms with Crippen LogP contribution in [0.5, 0.6) is 0 Å². The molecule has 7 heteroatoms. The van der Waals surface area contributed by atoms with Crippen molar-refractivity contribution in [3.05, 3.63) is 71.2 Å². The highest BCUT2D eigenvalue weighted by atomic mass is 19.1. The van der Waals surface area contributed by atoms with Crippen LogP contribution in [0.1, 0.15) is 30.0 Å². The molecule has 2 aliphatic rings. The second kappa shape index (κ2) is 6.01. The Labute approximate surface area is 166 Å². The zero-order valence-corrected chi connectivity index (χ0v) is 16.1. The number of aromatic nitrogens is 2. The quantitative estimate of drug-likeness (QED) is 0.730. The normalized spacial score (nSPS) is 20.0. The number of benzene rings is 2. The van der Waals surface area contributed by atoms with Crippen LogP contribution >= 0.6 is 0 Å². The van der Waals surface area contributed by atoms with Crippen molar-refractivity contribution in [2.75, 3.05) is 16.8 Å². The van der Waals surface area contributed by atoms with Crippen LogP contribution in [0, 0.1) is 12.7 Å². The molecular weight excluding hydrogens is 371 g/mol. The molecule has 146 valence electrons. The van der Waals surface area contributed by atoms with Crippen molar-refractivity contribution < 1.29 is 14.0 Å². The number of carbonyl (C=O) groups is 2. The SMILES string of the molecule is CCN1C(=O)[C@@]2(CC(=O)Nc3c2cnn3-c2ccccc2C)c2ccc(F)cc21. The van der Waals surface area contributed by atoms with Gasteiger partial charge in [0.15, 0.2) is 0 Å². The van der Waals surface area contributed by atoms with E-state index in [-0.39, 0.29) is 18.2 Å². The molecule has 0 unspecified atom stereocenters. The summed E-state index contributed by atoms with van der Waals surface area (Å²) < 4.78 is 15.6. The van der Waals surface area contributed by atoms with Crippen molar-refractivity contribution in [1.29, 1.82) is 0 Å². The van der Waals surface area contributed by atoms with E-state index in [1.807, 2.05) is 38.1 Å². The lowest BCUT2D eigenvalue weighted by atomic mass is 9.72. The zero-order valence-electron chi connectivity index (χ0n) is 16.1. The van der Waals surface area contributed by atoms with Gasteiger partial charge in [0.2, 0.25) is 11.8 Å². The fourth-order valence-corrected chi connectivity index (χ4v) is 4.57. The molecule has 0 radical (unpaired) electrons. The molecule has 2 amide bonds. The Hall–Kier alpha value is -3.48. The summed E-state index contributed by atoms with van der Waals surface area (Å²) in [6.45, 7) is 4.19. The first-order valence-electron chi connectivity index (χ1n) is 9.53. The van der Waals surface area contributed by atoms with E-state index in [0.29, 0.717) is 29.2 Å². The zero-order chi connectivity index (χ0) is 20.3. The van der Waals surface area contributed by atoms with Crippen LogP contribution in [0.4, 0.5) is 15.9 Å². The third kappa shape index (κ3) is 2.24. The fraction of sp³-hybridized carbons (Fsp3) is 0.227. The van der Waals surface area contributed by atoms with Gasteiger partial charge in [0.25, 0.3) is 0 Å². The fourth-order valence-electron chi connectivity index (χ4n) is 4.57. The molecule has 5 rings (SSSR count). The molecule has 6 nitrogen and oxygen atoms in total. The van der Waals surface area contributed by atoms with Crippen molar-refractivity contribution in [1.82, 2.24) is 9.78 Å². The summed E-state index contributed by atoms with van der Waals surface area (Å²) in [6.07, 6.45) is 1.61. The summed E-state index contributed by atoms with van der Waals surface area (Å²) in [7, 11) is 0. The number of nitrogens with one attached hydrogen (secondary N) is 1. The lowest BCUT2D eigenvalue weighted by Gasteiger charge is -2.32. The van der Waals surface area contributed by atoms with Gasteiger partial charge >= 0.3 is 0 Å². The van der Waals surface area contributed by atoms with E-state index in [4.69, 9.17) is 0 Å². The van der Waals surface area contributed by atoms with Gasteiger partial charge in [-0.25, -0.2) is 9.07 Å². The van der Waals surface area contributed by atoms with Gasteiger partial charge in [0.05, 0.1) is 17.6 Å². The Morgan fingerprint density at radius 3 is 2.69 bits per heavy atom. The van der Waals surface area contributed by atoms with Crippen LogP contribution in [0.3, 0.4) is 0 Å². The van der Waals surface area contributed by atoms with Crippen LogP contribution in [-0.4, -0.2) is 28.1 Å². The molecule has 0 saturated heterocycles. The number of hydrogen-bond acceptors (Lipinski definition) is 3. The Bertz CT molecular complexity index is 1190. The minimum Gasteiger partial charge on any atom is -0.311 e. The van der Waals surface area contributed by atoms with E-state index in [2.05, 4.69) is 10.4 Å². The molecule has 3 aromatic rings. The van der Waals surface area contributed by atoms with E-state index in [9.17, 15) is 14.0 Å². The predicted molar refractivity (Wildman–Crippen MR) is 107 cm³/mol. The van der Waals surface area contributed by atoms with Gasteiger partial charge in [-0.3, -0.25) is 9.59 Å². The summed E-state index contributed by atoms with van der Waals surface area (Å²) in [5.41, 5.74) is 2.41. The Kier molecular flexibility index (Phi) is 3.65. The van der Waals surface area contributed by atoms with Crippen molar-refractivity contribution in [2.45, 2.75) is 25.7 Å². The Morgan fingerprint density at radius 1 is 1.14 bits per heavy atom. The number of halogens is 1. The lowest BCUT2D eigenvalue weighted by Crippen LogP contribution is -2.46. The number of anilines is 2. The average Bonchev–Trinajstić information content (AvgIpc) is 3.20. The van der Waals surface area contributed by atoms with Crippen molar-refractivity contribution in [3.63, 3.8) is 0 Å². The van der Waals surface area contributed by atoms with Crippen molar-refractivity contribution in [3.8, 4) is 5.69 Å². The van der Waals surface area contributed by atoms with Crippen LogP contribution in [0.2, 0.25) is 0 Å². The number of fused-ring (bicyclic) bond motifs is 4. The van der Waals surface area contributed by atoms with Gasteiger partial charge in [-0.05, 0) is 43.2 Å². The molecule has 1 spiro atoms. The summed E-state index contributed by atoms with van der Waals surface area (Å²) in [5, 5.41) is 7.41. The minimum absolute atomic E-state index is 0.0343. The number of amides is 2. The topological polar surface area (TPSA) is 67.2 Å². The largest absolute Gasteiger partial charge is 0.311 e. The predicted octanol–water partition coefficient (Wildman–Crippen LogP) is 3.31. The molecule has 2 aromatic carbocycles. The molecule has 1 aromatic heterocycles. The average molecular weight is 390 g/mol. The number of nitrogens with zero attached hydrogens (tertiary/aromatic N) is 3. The number of para-hydroxylation sites is 1. The Morgan fingerprint density at radius 2 is 1.93 bits per heavy atom. The third-order valence-corrected chi connectivity index (χ3v) is 5.89. The molecule has 1 N–H and O–H groups in total. The monoisotopic (exact) mass is 390 g/mol. The summed E-state index contributed by atoms with van der Waals surface area (Å²) >= 11 is 0.